The van der Waals surface area contributed by atoms with E-state index in [4.69, 9.17) is 10.00 Å². The fraction of sp³-hybridized carbons (Fsp3) is 0.800. The molecular weight excluding hydrogens is 166 g/mol. The Labute approximate surface area is 79.7 Å². The number of ether oxygens (including phenoxy) is 1. The highest BCUT2D eigenvalue weighted by Gasteiger charge is 2.39. The van der Waals surface area contributed by atoms with E-state index in [1.54, 1.807) is 13.8 Å². The number of hydrogen-bond donors (Lipinski definition) is 0. The second-order valence-electron chi connectivity index (χ2n) is 3.34. The van der Waals surface area contributed by atoms with Crippen LogP contribution in [-0.4, -0.2) is 12.6 Å². The lowest BCUT2D eigenvalue weighted by atomic mass is 9.78. The van der Waals surface area contributed by atoms with Gasteiger partial charge in [-0.1, -0.05) is 20.3 Å². The lowest BCUT2D eigenvalue weighted by molar-refractivity contribution is -0.153. The van der Waals surface area contributed by atoms with Crippen molar-refractivity contribution in [2.45, 2.75) is 34.1 Å². The van der Waals surface area contributed by atoms with Gasteiger partial charge in [0.05, 0.1) is 12.7 Å². The fourth-order valence-corrected chi connectivity index (χ4v) is 1.05. The lowest BCUT2D eigenvalue weighted by Gasteiger charge is -2.25. The Hall–Kier alpha value is -1.04. The van der Waals surface area contributed by atoms with Gasteiger partial charge in [0.15, 0.2) is 5.41 Å². The Morgan fingerprint density at radius 1 is 1.62 bits per heavy atom. The minimum atomic E-state index is -0.995. The average molecular weight is 183 g/mol. The molecule has 0 aliphatic rings. The Kier molecular flexibility index (Phi) is 4.47. The second kappa shape index (κ2) is 4.86. The van der Waals surface area contributed by atoms with Crippen LogP contribution in [0.5, 0.6) is 0 Å². The van der Waals surface area contributed by atoms with Crippen molar-refractivity contribution in [2.75, 3.05) is 6.61 Å². The smallest absolute Gasteiger partial charge is 0.326 e. The number of hydrogen-bond acceptors (Lipinski definition) is 3. The van der Waals surface area contributed by atoms with E-state index in [-0.39, 0.29) is 5.92 Å². The quantitative estimate of drug-likeness (QED) is 0.627. The van der Waals surface area contributed by atoms with E-state index in [1.807, 2.05) is 19.9 Å². The lowest BCUT2D eigenvalue weighted by Crippen LogP contribution is -2.34. The summed E-state index contributed by atoms with van der Waals surface area (Å²) >= 11 is 0. The first-order valence-corrected chi connectivity index (χ1v) is 4.61. The first-order valence-electron chi connectivity index (χ1n) is 4.61. The van der Waals surface area contributed by atoms with Gasteiger partial charge in [-0.25, -0.2) is 0 Å². The van der Waals surface area contributed by atoms with E-state index >= 15 is 0 Å². The summed E-state index contributed by atoms with van der Waals surface area (Å²) in [4.78, 5) is 11.5. The number of carbonyl (C=O) groups is 1. The molecule has 0 aromatic carbocycles. The largest absolute Gasteiger partial charge is 0.465 e. The van der Waals surface area contributed by atoms with Gasteiger partial charge in [0, 0.05) is 0 Å². The number of rotatable bonds is 4. The first-order chi connectivity index (χ1) is 6.02. The monoisotopic (exact) mass is 183 g/mol. The molecule has 0 spiro atoms. The van der Waals surface area contributed by atoms with Gasteiger partial charge in [0.2, 0.25) is 0 Å². The molecule has 0 fully saturated rings. The fourth-order valence-electron chi connectivity index (χ4n) is 1.05. The SMILES string of the molecule is CCOC(=O)[C@@](C)(C#N)[C@@H](C)CC. The predicted molar refractivity (Wildman–Crippen MR) is 49.8 cm³/mol. The summed E-state index contributed by atoms with van der Waals surface area (Å²) in [6.45, 7) is 7.55. The van der Waals surface area contributed by atoms with Gasteiger partial charge in [-0.15, -0.1) is 0 Å². The van der Waals surface area contributed by atoms with Crippen LogP contribution in [0.4, 0.5) is 0 Å². The van der Waals surface area contributed by atoms with Crippen molar-refractivity contribution in [1.82, 2.24) is 0 Å². The molecule has 0 amide bonds. The summed E-state index contributed by atoms with van der Waals surface area (Å²) in [5, 5.41) is 8.93. The van der Waals surface area contributed by atoms with Crippen LogP contribution in [0.3, 0.4) is 0 Å². The van der Waals surface area contributed by atoms with E-state index in [0.29, 0.717) is 6.61 Å². The van der Waals surface area contributed by atoms with Crippen molar-refractivity contribution in [3.05, 3.63) is 0 Å². The molecule has 0 aliphatic heterocycles. The molecule has 3 nitrogen and oxygen atoms in total. The molecular formula is C10H17NO2. The number of nitriles is 1. The Bertz CT molecular complexity index is 219. The molecule has 0 unspecified atom stereocenters. The average Bonchev–Trinajstić information content (AvgIpc) is 2.15. The van der Waals surface area contributed by atoms with Gasteiger partial charge in [-0.2, -0.15) is 5.26 Å². The maximum Gasteiger partial charge on any atom is 0.326 e. The van der Waals surface area contributed by atoms with E-state index in [2.05, 4.69) is 0 Å². The van der Waals surface area contributed by atoms with Gasteiger partial charge in [0.1, 0.15) is 0 Å². The standard InChI is InChI=1S/C10H17NO2/c1-5-8(3)10(4,7-11)9(12)13-6-2/h8H,5-6H2,1-4H3/t8-,10-/m0/s1. The highest BCUT2D eigenvalue weighted by atomic mass is 16.5. The number of carbonyl (C=O) groups excluding carboxylic acids is 1. The highest BCUT2D eigenvalue weighted by molar-refractivity contribution is 5.79. The van der Waals surface area contributed by atoms with Gasteiger partial charge < -0.3 is 4.74 Å². The van der Waals surface area contributed by atoms with E-state index in [0.717, 1.165) is 6.42 Å². The second-order valence-corrected chi connectivity index (χ2v) is 3.34. The summed E-state index contributed by atoms with van der Waals surface area (Å²) in [5.41, 5.74) is -0.995. The molecule has 0 aromatic heterocycles. The topological polar surface area (TPSA) is 50.1 Å². The predicted octanol–water partition coefficient (Wildman–Crippen LogP) is 2.13. The van der Waals surface area contributed by atoms with Crippen LogP contribution < -0.4 is 0 Å². The summed E-state index contributed by atoms with van der Waals surface area (Å²) in [5.74, 6) is -0.386. The third kappa shape index (κ3) is 2.45. The third-order valence-electron chi connectivity index (χ3n) is 2.53. The normalized spacial score (nSPS) is 16.8. The third-order valence-corrected chi connectivity index (χ3v) is 2.53. The van der Waals surface area contributed by atoms with Crippen molar-refractivity contribution in [3.63, 3.8) is 0 Å². The minimum Gasteiger partial charge on any atom is -0.465 e. The van der Waals surface area contributed by atoms with Crippen LogP contribution in [0.15, 0.2) is 0 Å². The summed E-state index contributed by atoms with van der Waals surface area (Å²) in [6.07, 6.45) is 0.795. The molecule has 13 heavy (non-hydrogen) atoms. The van der Waals surface area contributed by atoms with Gasteiger partial charge in [-0.05, 0) is 19.8 Å². The summed E-state index contributed by atoms with van der Waals surface area (Å²) < 4.78 is 4.86. The molecule has 0 bridgehead atoms. The van der Waals surface area contributed by atoms with E-state index in [9.17, 15) is 4.79 Å². The van der Waals surface area contributed by atoms with Crippen LogP contribution in [-0.2, 0) is 9.53 Å². The van der Waals surface area contributed by atoms with Gasteiger partial charge in [0.25, 0.3) is 0 Å². The van der Waals surface area contributed by atoms with Gasteiger partial charge >= 0.3 is 5.97 Å². The number of nitrogens with zero attached hydrogens (tertiary/aromatic N) is 1. The van der Waals surface area contributed by atoms with Crippen LogP contribution in [0, 0.1) is 22.7 Å². The molecule has 0 heterocycles. The van der Waals surface area contributed by atoms with E-state index in [1.165, 1.54) is 0 Å². The zero-order valence-electron chi connectivity index (χ0n) is 8.76. The van der Waals surface area contributed by atoms with Crippen molar-refractivity contribution in [1.29, 1.82) is 5.26 Å². The molecule has 3 heteroatoms. The summed E-state index contributed by atoms with van der Waals surface area (Å²) in [6, 6.07) is 2.04. The maximum absolute atomic E-state index is 11.5. The van der Waals surface area contributed by atoms with Crippen molar-refractivity contribution < 1.29 is 9.53 Å². The molecule has 0 aliphatic carbocycles. The highest BCUT2D eigenvalue weighted by Crippen LogP contribution is 2.30. The molecule has 0 N–H and O–H groups in total. The van der Waals surface area contributed by atoms with Crippen LogP contribution in [0.25, 0.3) is 0 Å². The van der Waals surface area contributed by atoms with Crippen LogP contribution >= 0.6 is 0 Å². The zero-order valence-corrected chi connectivity index (χ0v) is 8.76. The van der Waals surface area contributed by atoms with Crippen LogP contribution in [0.1, 0.15) is 34.1 Å². The molecule has 0 saturated carbocycles. The minimum absolute atomic E-state index is 0.0246. The number of esters is 1. The zero-order chi connectivity index (χ0) is 10.5. The Balaban J connectivity index is 4.64. The van der Waals surface area contributed by atoms with Crippen molar-refractivity contribution in [3.8, 4) is 6.07 Å². The molecule has 0 aromatic rings. The van der Waals surface area contributed by atoms with E-state index < -0.39 is 11.4 Å². The molecule has 0 radical (unpaired) electrons. The maximum atomic E-state index is 11.5. The first kappa shape index (κ1) is 12.0. The molecule has 74 valence electrons. The Morgan fingerprint density at radius 3 is 2.46 bits per heavy atom. The Morgan fingerprint density at radius 2 is 2.15 bits per heavy atom. The summed E-state index contributed by atoms with van der Waals surface area (Å²) in [7, 11) is 0. The van der Waals surface area contributed by atoms with Crippen LogP contribution in [0.2, 0.25) is 0 Å². The van der Waals surface area contributed by atoms with Gasteiger partial charge in [-0.3, -0.25) is 4.79 Å². The van der Waals surface area contributed by atoms with Crippen molar-refractivity contribution in [2.24, 2.45) is 11.3 Å². The molecule has 0 saturated heterocycles. The van der Waals surface area contributed by atoms with Crippen molar-refractivity contribution >= 4 is 5.97 Å². The molecule has 0 rings (SSSR count). The molecule has 2 atom stereocenters.